The van der Waals surface area contributed by atoms with E-state index < -0.39 is 0 Å². The Labute approximate surface area is 177 Å². The number of nitrogens with zero attached hydrogens (tertiary/aromatic N) is 5. The molecule has 1 N–H and O–H groups in total. The van der Waals surface area contributed by atoms with Gasteiger partial charge in [-0.3, -0.25) is 4.79 Å². The number of hydrogen-bond donors (Lipinski definition) is 1. The lowest BCUT2D eigenvalue weighted by molar-refractivity contribution is 0.300. The molecule has 0 bridgehead atoms. The lowest BCUT2D eigenvalue weighted by Crippen LogP contribution is -2.33. The van der Waals surface area contributed by atoms with Crippen LogP contribution >= 0.6 is 0 Å². The highest BCUT2D eigenvalue weighted by atomic mass is 19.1. The fourth-order valence-electron chi connectivity index (χ4n) is 4.25. The molecule has 31 heavy (non-hydrogen) atoms. The number of aromatic nitrogens is 5. The molecule has 8 nitrogen and oxygen atoms in total. The molecule has 3 aromatic heterocycles. The number of hydrogen-bond acceptors (Lipinski definition) is 6. The number of oxazole rings is 1. The highest BCUT2D eigenvalue weighted by Gasteiger charge is 2.25. The van der Waals surface area contributed by atoms with E-state index in [9.17, 15) is 9.18 Å². The van der Waals surface area contributed by atoms with Crippen molar-refractivity contribution in [1.82, 2.24) is 24.5 Å². The van der Waals surface area contributed by atoms with Gasteiger partial charge < -0.3 is 9.73 Å². The van der Waals surface area contributed by atoms with E-state index in [1.54, 1.807) is 27.6 Å². The number of aryl methyl sites for hydroxylation is 2. The SMILES string of the molecule is Cc1cc(C)n(-c2ccc(=O)n(C3CCC(Nc4nc5ccc(F)cc5o4)CC3)n2)n1. The Morgan fingerprint density at radius 1 is 1.06 bits per heavy atom. The summed E-state index contributed by atoms with van der Waals surface area (Å²) in [6.07, 6.45) is 3.30. The first-order chi connectivity index (χ1) is 15.0. The first-order valence-electron chi connectivity index (χ1n) is 10.4. The number of rotatable bonds is 4. The highest BCUT2D eigenvalue weighted by Crippen LogP contribution is 2.30. The molecule has 0 unspecified atom stereocenters. The Bertz CT molecular complexity index is 1300. The first-order valence-corrected chi connectivity index (χ1v) is 10.4. The third-order valence-corrected chi connectivity index (χ3v) is 5.76. The fraction of sp³-hybridized carbons (Fsp3) is 0.364. The smallest absolute Gasteiger partial charge is 0.295 e. The molecule has 160 valence electrons. The van der Waals surface area contributed by atoms with Crippen LogP contribution in [0.1, 0.15) is 43.1 Å². The van der Waals surface area contributed by atoms with Crippen molar-refractivity contribution in [3.8, 4) is 5.82 Å². The Hall–Kier alpha value is -3.49. The summed E-state index contributed by atoms with van der Waals surface area (Å²) in [5.74, 6) is 0.292. The van der Waals surface area contributed by atoms with Gasteiger partial charge in [0.15, 0.2) is 11.4 Å². The Kier molecular flexibility index (Phi) is 4.80. The summed E-state index contributed by atoms with van der Waals surface area (Å²) in [4.78, 5) is 16.9. The standard InChI is InChI=1S/C22H23FN6O2/c1-13-11-14(2)28(26-13)20-9-10-21(30)29(27-20)17-6-4-16(5-7-17)24-22-25-18-8-3-15(23)12-19(18)31-22/h3,8-12,16-17H,4-7H2,1-2H3,(H,24,25). The minimum Gasteiger partial charge on any atom is -0.423 e. The second-order valence-electron chi connectivity index (χ2n) is 8.09. The molecule has 3 heterocycles. The maximum absolute atomic E-state index is 13.4. The maximum Gasteiger partial charge on any atom is 0.295 e. The van der Waals surface area contributed by atoms with Crippen molar-refractivity contribution in [1.29, 1.82) is 0 Å². The van der Waals surface area contributed by atoms with E-state index in [1.165, 1.54) is 12.1 Å². The molecule has 1 aromatic carbocycles. The third-order valence-electron chi connectivity index (χ3n) is 5.76. The topological polar surface area (TPSA) is 90.8 Å². The van der Waals surface area contributed by atoms with Gasteiger partial charge in [0, 0.05) is 23.9 Å². The van der Waals surface area contributed by atoms with Crippen LogP contribution in [0.4, 0.5) is 10.4 Å². The van der Waals surface area contributed by atoms with Crippen molar-refractivity contribution in [2.24, 2.45) is 0 Å². The van der Waals surface area contributed by atoms with Crippen LogP contribution in [-0.2, 0) is 0 Å². The number of halogens is 1. The minimum atomic E-state index is -0.351. The molecule has 0 radical (unpaired) electrons. The molecule has 5 rings (SSSR count). The normalized spacial score (nSPS) is 19.1. The maximum atomic E-state index is 13.4. The summed E-state index contributed by atoms with van der Waals surface area (Å²) in [5, 5.41) is 12.4. The molecular weight excluding hydrogens is 399 g/mol. The third kappa shape index (κ3) is 3.83. The van der Waals surface area contributed by atoms with E-state index >= 15 is 0 Å². The number of nitrogens with one attached hydrogen (secondary N) is 1. The Morgan fingerprint density at radius 3 is 2.61 bits per heavy atom. The van der Waals surface area contributed by atoms with Gasteiger partial charge in [-0.2, -0.15) is 10.1 Å². The van der Waals surface area contributed by atoms with Gasteiger partial charge >= 0.3 is 0 Å². The van der Waals surface area contributed by atoms with Crippen LogP contribution in [0.2, 0.25) is 0 Å². The molecule has 0 spiro atoms. The first kappa shape index (κ1) is 19.5. The summed E-state index contributed by atoms with van der Waals surface area (Å²) < 4.78 is 22.3. The van der Waals surface area contributed by atoms with Crippen LogP contribution in [0, 0.1) is 19.7 Å². The van der Waals surface area contributed by atoms with Gasteiger partial charge in [-0.15, -0.1) is 5.10 Å². The van der Waals surface area contributed by atoms with E-state index in [1.807, 2.05) is 19.9 Å². The van der Waals surface area contributed by atoms with Crippen molar-refractivity contribution in [2.45, 2.75) is 51.6 Å². The number of anilines is 1. The average molecular weight is 422 g/mol. The van der Waals surface area contributed by atoms with Crippen LogP contribution in [0.25, 0.3) is 16.9 Å². The Morgan fingerprint density at radius 2 is 1.87 bits per heavy atom. The minimum absolute atomic E-state index is 0.0280. The van der Waals surface area contributed by atoms with Gasteiger partial charge in [-0.1, -0.05) is 0 Å². The summed E-state index contributed by atoms with van der Waals surface area (Å²) in [6, 6.07) is 10.1. The lowest BCUT2D eigenvalue weighted by Gasteiger charge is -2.29. The molecule has 4 aromatic rings. The molecular formula is C22H23FN6O2. The van der Waals surface area contributed by atoms with E-state index in [0.717, 1.165) is 37.1 Å². The summed E-state index contributed by atoms with van der Waals surface area (Å²) in [7, 11) is 0. The molecule has 0 atom stereocenters. The summed E-state index contributed by atoms with van der Waals surface area (Å²) in [6.45, 7) is 3.90. The largest absolute Gasteiger partial charge is 0.423 e. The lowest BCUT2D eigenvalue weighted by atomic mass is 9.91. The van der Waals surface area contributed by atoms with Gasteiger partial charge in [-0.25, -0.2) is 13.8 Å². The quantitative estimate of drug-likeness (QED) is 0.536. The van der Waals surface area contributed by atoms with Crippen LogP contribution < -0.4 is 10.9 Å². The molecule has 9 heteroatoms. The van der Waals surface area contributed by atoms with E-state index in [2.05, 4.69) is 20.5 Å². The van der Waals surface area contributed by atoms with Crippen molar-refractivity contribution in [3.63, 3.8) is 0 Å². The predicted molar refractivity (Wildman–Crippen MR) is 114 cm³/mol. The van der Waals surface area contributed by atoms with Crippen molar-refractivity contribution < 1.29 is 8.81 Å². The molecule has 0 saturated heterocycles. The zero-order valence-electron chi connectivity index (χ0n) is 17.4. The van der Waals surface area contributed by atoms with Crippen molar-refractivity contribution >= 4 is 17.1 Å². The van der Waals surface area contributed by atoms with Gasteiger partial charge in [0.05, 0.1) is 11.7 Å². The van der Waals surface area contributed by atoms with Crippen LogP contribution in [0.3, 0.4) is 0 Å². The van der Waals surface area contributed by atoms with Gasteiger partial charge in [0.2, 0.25) is 0 Å². The fourth-order valence-corrected chi connectivity index (χ4v) is 4.25. The molecule has 1 saturated carbocycles. The molecule has 1 aliphatic carbocycles. The summed E-state index contributed by atoms with van der Waals surface area (Å²) in [5.41, 5.74) is 2.82. The van der Waals surface area contributed by atoms with Crippen LogP contribution in [-0.4, -0.2) is 30.6 Å². The summed E-state index contributed by atoms with van der Waals surface area (Å²) >= 11 is 0. The molecule has 1 aliphatic rings. The molecule has 1 fully saturated rings. The average Bonchev–Trinajstić information content (AvgIpc) is 3.30. The number of fused-ring (bicyclic) bond motifs is 1. The van der Waals surface area contributed by atoms with Crippen LogP contribution in [0.5, 0.6) is 0 Å². The van der Waals surface area contributed by atoms with Gasteiger partial charge in [-0.05, 0) is 63.8 Å². The van der Waals surface area contributed by atoms with Gasteiger partial charge in [0.25, 0.3) is 11.6 Å². The highest BCUT2D eigenvalue weighted by molar-refractivity contribution is 5.74. The predicted octanol–water partition coefficient (Wildman–Crippen LogP) is 3.92. The zero-order chi connectivity index (χ0) is 21.5. The second kappa shape index (κ2) is 7.64. The van der Waals surface area contributed by atoms with Crippen LogP contribution in [0.15, 0.2) is 45.6 Å². The molecule has 0 amide bonds. The van der Waals surface area contributed by atoms with Gasteiger partial charge in [0.1, 0.15) is 11.3 Å². The van der Waals surface area contributed by atoms with E-state index in [-0.39, 0.29) is 23.5 Å². The number of benzene rings is 1. The van der Waals surface area contributed by atoms with E-state index in [4.69, 9.17) is 4.42 Å². The zero-order valence-corrected chi connectivity index (χ0v) is 17.4. The van der Waals surface area contributed by atoms with Crippen molar-refractivity contribution in [3.05, 3.63) is 64.0 Å². The Balaban J connectivity index is 1.29. The van der Waals surface area contributed by atoms with Crippen molar-refractivity contribution in [2.75, 3.05) is 5.32 Å². The molecule has 0 aliphatic heterocycles. The monoisotopic (exact) mass is 422 g/mol. The second-order valence-corrected chi connectivity index (χ2v) is 8.09. The van der Waals surface area contributed by atoms with E-state index in [0.29, 0.717) is 22.9 Å².